The van der Waals surface area contributed by atoms with Crippen molar-refractivity contribution in [2.45, 2.75) is 0 Å². The molecule has 0 saturated carbocycles. The first kappa shape index (κ1) is 13.3. The van der Waals surface area contributed by atoms with Crippen LogP contribution in [0.5, 0.6) is 5.75 Å². The molecule has 19 heavy (non-hydrogen) atoms. The molecule has 0 bridgehead atoms. The first-order valence-electron chi connectivity index (χ1n) is 5.43. The Morgan fingerprint density at radius 2 is 2.37 bits per heavy atom. The number of thioether (sulfide) groups is 1. The summed E-state index contributed by atoms with van der Waals surface area (Å²) in [5.74, 6) is 0.641. The van der Waals surface area contributed by atoms with Gasteiger partial charge in [0.15, 0.2) is 5.17 Å². The summed E-state index contributed by atoms with van der Waals surface area (Å²) in [7, 11) is 1.40. The van der Waals surface area contributed by atoms with Gasteiger partial charge in [0.25, 0.3) is 11.6 Å². The molecular formula is C11H11N3O4S. The molecule has 1 aromatic rings. The Morgan fingerprint density at radius 1 is 1.58 bits per heavy atom. The van der Waals surface area contributed by atoms with Gasteiger partial charge in [0.05, 0.1) is 24.1 Å². The zero-order chi connectivity index (χ0) is 13.8. The summed E-state index contributed by atoms with van der Waals surface area (Å²) in [4.78, 5) is 26.3. The second-order valence-corrected chi connectivity index (χ2v) is 4.71. The molecule has 1 aromatic carbocycles. The largest absolute Gasteiger partial charge is 0.496 e. The highest BCUT2D eigenvalue weighted by atomic mass is 32.2. The van der Waals surface area contributed by atoms with Crippen LogP contribution in [0.1, 0.15) is 10.4 Å². The first-order chi connectivity index (χ1) is 9.11. The predicted octanol–water partition coefficient (Wildman–Crippen LogP) is 1.44. The minimum atomic E-state index is -0.557. The van der Waals surface area contributed by atoms with Gasteiger partial charge in [-0.2, -0.15) is 0 Å². The number of nitro benzene ring substituents is 1. The monoisotopic (exact) mass is 281 g/mol. The standard InChI is InChI=1S/C11H11N3O4S/c1-18-9-3-2-7(14(16)17)6-8(9)10(15)13-11-12-4-5-19-11/h2-3,6H,4-5H2,1H3,(H,12,13,15). The summed E-state index contributed by atoms with van der Waals surface area (Å²) in [5, 5.41) is 13.9. The minimum Gasteiger partial charge on any atom is -0.496 e. The average Bonchev–Trinajstić information content (AvgIpc) is 2.90. The van der Waals surface area contributed by atoms with Crippen LogP contribution < -0.4 is 10.1 Å². The van der Waals surface area contributed by atoms with Crippen LogP contribution in [0.15, 0.2) is 23.2 Å². The maximum atomic E-state index is 12.0. The topological polar surface area (TPSA) is 93.8 Å². The number of carbonyl (C=O) groups is 1. The van der Waals surface area contributed by atoms with E-state index in [1.807, 2.05) is 0 Å². The van der Waals surface area contributed by atoms with Gasteiger partial charge in [-0.25, -0.2) is 0 Å². The van der Waals surface area contributed by atoms with Gasteiger partial charge in [-0.1, -0.05) is 11.8 Å². The molecule has 8 heteroatoms. The summed E-state index contributed by atoms with van der Waals surface area (Å²) in [6.45, 7) is 0.659. The Bertz CT molecular complexity index is 559. The highest BCUT2D eigenvalue weighted by molar-refractivity contribution is 8.14. The van der Waals surface area contributed by atoms with Crippen molar-refractivity contribution in [1.82, 2.24) is 5.32 Å². The number of benzene rings is 1. The van der Waals surface area contributed by atoms with Crippen LogP contribution in [0.4, 0.5) is 5.69 Å². The predicted molar refractivity (Wildman–Crippen MR) is 71.9 cm³/mol. The molecule has 0 aromatic heterocycles. The smallest absolute Gasteiger partial charge is 0.270 e. The maximum absolute atomic E-state index is 12.0. The molecule has 1 aliphatic heterocycles. The van der Waals surface area contributed by atoms with Crippen LogP contribution >= 0.6 is 11.8 Å². The van der Waals surface area contributed by atoms with Gasteiger partial charge in [-0.15, -0.1) is 0 Å². The Labute approximate surface area is 113 Å². The van der Waals surface area contributed by atoms with E-state index < -0.39 is 10.8 Å². The SMILES string of the molecule is COc1ccc([N+](=O)[O-])cc1C(=O)NC1=NCCS1. The minimum absolute atomic E-state index is 0.118. The summed E-state index contributed by atoms with van der Waals surface area (Å²) in [6.07, 6.45) is 0. The van der Waals surface area contributed by atoms with E-state index in [9.17, 15) is 14.9 Å². The molecule has 1 amide bonds. The van der Waals surface area contributed by atoms with E-state index in [4.69, 9.17) is 4.74 Å². The van der Waals surface area contributed by atoms with Crippen molar-refractivity contribution in [3.63, 3.8) is 0 Å². The zero-order valence-electron chi connectivity index (χ0n) is 10.1. The third kappa shape index (κ3) is 3.02. The number of hydrogen-bond donors (Lipinski definition) is 1. The fourth-order valence-electron chi connectivity index (χ4n) is 1.56. The van der Waals surface area contributed by atoms with Crippen molar-refractivity contribution < 1.29 is 14.5 Å². The van der Waals surface area contributed by atoms with Crippen molar-refractivity contribution in [3.05, 3.63) is 33.9 Å². The lowest BCUT2D eigenvalue weighted by molar-refractivity contribution is -0.384. The van der Waals surface area contributed by atoms with Crippen molar-refractivity contribution in [2.24, 2.45) is 4.99 Å². The van der Waals surface area contributed by atoms with E-state index in [1.165, 1.54) is 37.1 Å². The van der Waals surface area contributed by atoms with E-state index in [2.05, 4.69) is 10.3 Å². The van der Waals surface area contributed by atoms with Gasteiger partial charge in [0, 0.05) is 17.9 Å². The van der Waals surface area contributed by atoms with Crippen LogP contribution in [-0.4, -0.2) is 35.4 Å². The molecule has 0 unspecified atom stereocenters. The molecule has 1 aliphatic rings. The molecule has 0 radical (unpaired) electrons. The Morgan fingerprint density at radius 3 is 2.95 bits per heavy atom. The normalized spacial score (nSPS) is 13.8. The molecule has 0 aliphatic carbocycles. The molecule has 0 atom stereocenters. The van der Waals surface area contributed by atoms with E-state index >= 15 is 0 Å². The Kier molecular flexibility index (Phi) is 4.00. The summed E-state index contributed by atoms with van der Waals surface area (Å²) in [5.41, 5.74) is -0.0427. The Hall–Kier alpha value is -2.09. The zero-order valence-corrected chi connectivity index (χ0v) is 10.9. The lowest BCUT2D eigenvalue weighted by Crippen LogP contribution is -2.27. The number of nitro groups is 1. The second kappa shape index (κ2) is 5.70. The molecule has 1 N–H and O–H groups in total. The van der Waals surface area contributed by atoms with E-state index in [-0.39, 0.29) is 17.0 Å². The lowest BCUT2D eigenvalue weighted by atomic mass is 10.1. The quantitative estimate of drug-likeness (QED) is 0.668. The highest BCUT2D eigenvalue weighted by Crippen LogP contribution is 2.24. The summed E-state index contributed by atoms with van der Waals surface area (Å²) >= 11 is 1.43. The number of carbonyl (C=O) groups excluding carboxylic acids is 1. The lowest BCUT2D eigenvalue weighted by Gasteiger charge is -2.08. The third-order valence-corrected chi connectivity index (χ3v) is 3.34. The molecule has 2 rings (SSSR count). The molecule has 0 saturated heterocycles. The third-order valence-electron chi connectivity index (χ3n) is 2.44. The van der Waals surface area contributed by atoms with Crippen molar-refractivity contribution in [2.75, 3.05) is 19.4 Å². The fourth-order valence-corrected chi connectivity index (χ4v) is 2.29. The number of aliphatic imine (C=N–C) groups is 1. The summed E-state index contributed by atoms with van der Waals surface area (Å²) in [6, 6.07) is 3.88. The van der Waals surface area contributed by atoms with Crippen molar-refractivity contribution in [1.29, 1.82) is 0 Å². The summed E-state index contributed by atoms with van der Waals surface area (Å²) < 4.78 is 5.04. The number of ether oxygens (including phenoxy) is 1. The molecule has 0 spiro atoms. The fraction of sp³-hybridized carbons (Fsp3) is 0.273. The number of nitrogens with zero attached hydrogens (tertiary/aromatic N) is 2. The number of hydrogen-bond acceptors (Lipinski definition) is 6. The van der Waals surface area contributed by atoms with E-state index in [1.54, 1.807) is 0 Å². The number of amidine groups is 1. The van der Waals surface area contributed by atoms with Gasteiger partial charge in [-0.05, 0) is 6.07 Å². The van der Waals surface area contributed by atoms with Crippen molar-refractivity contribution >= 4 is 28.5 Å². The van der Waals surface area contributed by atoms with Gasteiger partial charge >= 0.3 is 0 Å². The number of non-ortho nitro benzene ring substituents is 1. The number of nitrogens with one attached hydrogen (secondary N) is 1. The highest BCUT2D eigenvalue weighted by Gasteiger charge is 2.19. The Balaban J connectivity index is 2.27. The van der Waals surface area contributed by atoms with Gasteiger partial charge in [0.1, 0.15) is 5.75 Å². The van der Waals surface area contributed by atoms with Gasteiger partial charge in [0.2, 0.25) is 0 Å². The van der Waals surface area contributed by atoms with Gasteiger partial charge in [-0.3, -0.25) is 19.9 Å². The molecule has 100 valence electrons. The van der Waals surface area contributed by atoms with Crippen LogP contribution in [0.25, 0.3) is 0 Å². The van der Waals surface area contributed by atoms with Crippen LogP contribution in [-0.2, 0) is 0 Å². The number of rotatable bonds is 3. The number of methoxy groups -OCH3 is 1. The van der Waals surface area contributed by atoms with Gasteiger partial charge < -0.3 is 10.1 Å². The molecular weight excluding hydrogens is 270 g/mol. The van der Waals surface area contributed by atoms with Crippen LogP contribution in [0.3, 0.4) is 0 Å². The first-order valence-corrected chi connectivity index (χ1v) is 6.41. The van der Waals surface area contributed by atoms with Crippen molar-refractivity contribution in [3.8, 4) is 5.75 Å². The van der Waals surface area contributed by atoms with E-state index in [0.717, 1.165) is 5.75 Å². The molecule has 1 heterocycles. The second-order valence-electron chi connectivity index (χ2n) is 3.63. The average molecular weight is 281 g/mol. The van der Waals surface area contributed by atoms with Crippen LogP contribution in [0.2, 0.25) is 0 Å². The van der Waals surface area contributed by atoms with Crippen LogP contribution in [0, 0.1) is 10.1 Å². The van der Waals surface area contributed by atoms with E-state index in [0.29, 0.717) is 11.7 Å². The maximum Gasteiger partial charge on any atom is 0.270 e. The number of amides is 1. The molecule has 0 fully saturated rings. The molecule has 7 nitrogen and oxygen atoms in total.